The van der Waals surface area contributed by atoms with Crippen LogP contribution in [0.5, 0.6) is 5.75 Å². The van der Waals surface area contributed by atoms with E-state index in [1.165, 1.54) is 0 Å². The maximum atomic E-state index is 12.4. The Bertz CT molecular complexity index is 471. The van der Waals surface area contributed by atoms with Crippen molar-refractivity contribution in [3.05, 3.63) is 33.9 Å². The Morgan fingerprint density at radius 1 is 1.50 bits per heavy atom. The summed E-state index contributed by atoms with van der Waals surface area (Å²) in [4.78, 5) is 9.78. The van der Waals surface area contributed by atoms with Gasteiger partial charge < -0.3 is 9.47 Å². The lowest BCUT2D eigenvalue weighted by Gasteiger charge is -2.09. The minimum atomic E-state index is -4.62. The zero-order chi connectivity index (χ0) is 13.3. The highest BCUT2D eigenvalue weighted by atomic mass is 19.4. The summed E-state index contributed by atoms with van der Waals surface area (Å²) in [7, 11) is 0. The van der Waals surface area contributed by atoms with Gasteiger partial charge in [0.15, 0.2) is 5.75 Å². The summed E-state index contributed by atoms with van der Waals surface area (Å²) in [5, 5.41) is 10.7. The minimum Gasteiger partial charge on any atom is -0.484 e. The predicted molar refractivity (Wildman–Crippen MR) is 53.3 cm³/mol. The first-order valence-electron chi connectivity index (χ1n) is 4.98. The fourth-order valence-corrected chi connectivity index (χ4v) is 1.31. The number of nitro benzene ring substituents is 1. The van der Waals surface area contributed by atoms with Crippen molar-refractivity contribution < 1.29 is 27.6 Å². The first kappa shape index (κ1) is 12.6. The molecular weight excluding hydrogens is 255 g/mol. The van der Waals surface area contributed by atoms with Crippen molar-refractivity contribution in [2.45, 2.75) is 12.3 Å². The van der Waals surface area contributed by atoms with E-state index < -0.39 is 22.4 Å². The molecule has 1 aliphatic heterocycles. The SMILES string of the molecule is O=[N+]([O-])c1cc(C(F)(F)F)ccc1OCC1CO1. The summed E-state index contributed by atoms with van der Waals surface area (Å²) in [6.45, 7) is 0.584. The number of halogens is 3. The van der Waals surface area contributed by atoms with Gasteiger partial charge in [-0.2, -0.15) is 13.2 Å². The zero-order valence-corrected chi connectivity index (χ0v) is 8.94. The Morgan fingerprint density at radius 2 is 2.17 bits per heavy atom. The number of nitro groups is 1. The molecule has 0 saturated carbocycles. The van der Waals surface area contributed by atoms with Gasteiger partial charge in [0, 0.05) is 6.07 Å². The molecule has 1 aliphatic rings. The molecule has 8 heteroatoms. The first-order valence-corrected chi connectivity index (χ1v) is 4.98. The van der Waals surface area contributed by atoms with Crippen LogP contribution in [0.25, 0.3) is 0 Å². The number of nitrogens with zero attached hydrogens (tertiary/aromatic N) is 1. The molecule has 1 aromatic rings. The summed E-state index contributed by atoms with van der Waals surface area (Å²) in [6, 6.07) is 2.16. The van der Waals surface area contributed by atoms with Crippen molar-refractivity contribution in [1.82, 2.24) is 0 Å². The molecule has 2 rings (SSSR count). The molecule has 18 heavy (non-hydrogen) atoms. The highest BCUT2D eigenvalue weighted by molar-refractivity contribution is 5.49. The van der Waals surface area contributed by atoms with Gasteiger partial charge >= 0.3 is 11.9 Å². The smallest absolute Gasteiger partial charge is 0.416 e. The predicted octanol–water partition coefficient (Wildman–Crippen LogP) is 2.39. The van der Waals surface area contributed by atoms with E-state index in [1.807, 2.05) is 0 Å². The summed E-state index contributed by atoms with van der Waals surface area (Å²) in [5.41, 5.74) is -1.78. The van der Waals surface area contributed by atoms with Crippen LogP contribution in [-0.2, 0) is 10.9 Å². The molecule has 0 aromatic heterocycles. The van der Waals surface area contributed by atoms with Gasteiger partial charge in [0.2, 0.25) is 0 Å². The van der Waals surface area contributed by atoms with Gasteiger partial charge in [0.05, 0.1) is 17.1 Å². The third kappa shape index (κ3) is 2.89. The van der Waals surface area contributed by atoms with E-state index in [0.29, 0.717) is 12.7 Å². The van der Waals surface area contributed by atoms with Crippen LogP contribution in [0.15, 0.2) is 18.2 Å². The van der Waals surface area contributed by atoms with Crippen LogP contribution >= 0.6 is 0 Å². The molecule has 0 amide bonds. The molecule has 5 nitrogen and oxygen atoms in total. The Morgan fingerprint density at radius 3 is 2.67 bits per heavy atom. The number of benzene rings is 1. The van der Waals surface area contributed by atoms with Crippen molar-refractivity contribution in [1.29, 1.82) is 0 Å². The normalized spacial score (nSPS) is 18.5. The van der Waals surface area contributed by atoms with Crippen LogP contribution in [0.3, 0.4) is 0 Å². The van der Waals surface area contributed by atoms with Crippen LogP contribution < -0.4 is 4.74 Å². The summed E-state index contributed by atoms with van der Waals surface area (Å²) in [6.07, 6.45) is -4.75. The molecule has 1 fully saturated rings. The fourth-order valence-electron chi connectivity index (χ4n) is 1.31. The molecule has 1 saturated heterocycles. The lowest BCUT2D eigenvalue weighted by atomic mass is 10.2. The third-order valence-electron chi connectivity index (χ3n) is 2.31. The standard InChI is InChI=1S/C10H8F3NO4/c11-10(12,13)6-1-2-9(8(3-6)14(15)16)18-5-7-4-17-7/h1-3,7H,4-5H2. The molecule has 0 N–H and O–H groups in total. The molecule has 98 valence electrons. The van der Waals surface area contributed by atoms with Crippen LogP contribution in [0.2, 0.25) is 0 Å². The van der Waals surface area contributed by atoms with Gasteiger partial charge in [0.25, 0.3) is 0 Å². The zero-order valence-electron chi connectivity index (χ0n) is 8.94. The maximum Gasteiger partial charge on any atom is 0.416 e. The maximum absolute atomic E-state index is 12.4. The summed E-state index contributed by atoms with van der Waals surface area (Å²) in [5.74, 6) is -0.191. The van der Waals surface area contributed by atoms with E-state index >= 15 is 0 Å². The second kappa shape index (κ2) is 4.45. The van der Waals surface area contributed by atoms with Crippen LogP contribution in [-0.4, -0.2) is 24.2 Å². The lowest BCUT2D eigenvalue weighted by Crippen LogP contribution is -2.09. The Balaban J connectivity index is 2.25. The number of hydrogen-bond acceptors (Lipinski definition) is 4. The quantitative estimate of drug-likeness (QED) is 0.475. The van der Waals surface area contributed by atoms with E-state index in [4.69, 9.17) is 9.47 Å². The molecular formula is C10H8F3NO4. The van der Waals surface area contributed by atoms with Crippen LogP contribution in [0, 0.1) is 10.1 Å². The van der Waals surface area contributed by atoms with Crippen molar-refractivity contribution in [3.63, 3.8) is 0 Å². The molecule has 1 heterocycles. The van der Waals surface area contributed by atoms with Crippen molar-refractivity contribution in [2.24, 2.45) is 0 Å². The van der Waals surface area contributed by atoms with Gasteiger partial charge in [-0.05, 0) is 12.1 Å². The number of ether oxygens (including phenoxy) is 2. The van der Waals surface area contributed by atoms with E-state index in [-0.39, 0.29) is 18.5 Å². The van der Waals surface area contributed by atoms with E-state index in [1.54, 1.807) is 0 Å². The van der Waals surface area contributed by atoms with E-state index in [9.17, 15) is 23.3 Å². The molecule has 1 atom stereocenters. The highest BCUT2D eigenvalue weighted by Gasteiger charge is 2.33. The number of epoxide rings is 1. The van der Waals surface area contributed by atoms with E-state index in [0.717, 1.165) is 12.1 Å². The van der Waals surface area contributed by atoms with Crippen LogP contribution in [0.1, 0.15) is 5.56 Å². The average molecular weight is 263 g/mol. The second-order valence-electron chi connectivity index (χ2n) is 3.70. The van der Waals surface area contributed by atoms with Gasteiger partial charge in [-0.15, -0.1) is 0 Å². The van der Waals surface area contributed by atoms with Gasteiger partial charge in [-0.3, -0.25) is 10.1 Å². The minimum absolute atomic E-state index is 0.0895. The van der Waals surface area contributed by atoms with Gasteiger partial charge in [-0.1, -0.05) is 0 Å². The van der Waals surface area contributed by atoms with Crippen molar-refractivity contribution in [2.75, 3.05) is 13.2 Å². The van der Waals surface area contributed by atoms with Crippen LogP contribution in [0.4, 0.5) is 18.9 Å². The molecule has 1 aromatic carbocycles. The molecule has 1 unspecified atom stereocenters. The average Bonchev–Trinajstić information content (AvgIpc) is 3.08. The summed E-state index contributed by atoms with van der Waals surface area (Å²) < 4.78 is 47.1. The third-order valence-corrected chi connectivity index (χ3v) is 2.31. The van der Waals surface area contributed by atoms with Gasteiger partial charge in [0.1, 0.15) is 12.7 Å². The highest BCUT2D eigenvalue weighted by Crippen LogP contribution is 2.36. The Labute approximate surface area is 99.3 Å². The van der Waals surface area contributed by atoms with Crippen molar-refractivity contribution >= 4 is 5.69 Å². The Hall–Kier alpha value is -1.83. The lowest BCUT2D eigenvalue weighted by molar-refractivity contribution is -0.386. The van der Waals surface area contributed by atoms with Crippen molar-refractivity contribution in [3.8, 4) is 5.75 Å². The summed E-state index contributed by atoms with van der Waals surface area (Å²) >= 11 is 0. The number of rotatable bonds is 4. The second-order valence-corrected chi connectivity index (χ2v) is 3.70. The molecule has 0 radical (unpaired) electrons. The largest absolute Gasteiger partial charge is 0.484 e. The molecule has 0 bridgehead atoms. The van der Waals surface area contributed by atoms with E-state index in [2.05, 4.69) is 0 Å². The molecule has 0 aliphatic carbocycles. The number of hydrogen-bond donors (Lipinski definition) is 0. The topological polar surface area (TPSA) is 64.9 Å². The molecule has 0 spiro atoms. The van der Waals surface area contributed by atoms with Gasteiger partial charge in [-0.25, -0.2) is 0 Å². The fraction of sp³-hybridized carbons (Fsp3) is 0.400. The first-order chi connectivity index (χ1) is 8.38. The Kier molecular flexibility index (Phi) is 3.12. The monoisotopic (exact) mass is 263 g/mol. The number of alkyl halides is 3.